The summed E-state index contributed by atoms with van der Waals surface area (Å²) in [5, 5.41) is 5.27. The van der Waals surface area contributed by atoms with Gasteiger partial charge in [0.1, 0.15) is 5.76 Å². The third kappa shape index (κ3) is 2.66. The maximum absolute atomic E-state index is 12.8. The molecule has 1 amide bonds. The van der Waals surface area contributed by atoms with Crippen LogP contribution in [-0.4, -0.2) is 36.0 Å². The van der Waals surface area contributed by atoms with Crippen molar-refractivity contribution < 1.29 is 14.2 Å². The van der Waals surface area contributed by atoms with Gasteiger partial charge < -0.3 is 4.52 Å². The van der Waals surface area contributed by atoms with Gasteiger partial charge in [-0.25, -0.2) is 5.06 Å². The normalized spacial score (nSPS) is 15.9. The van der Waals surface area contributed by atoms with E-state index in [1.807, 2.05) is 19.9 Å². The molecule has 6 nitrogen and oxygen atoms in total. The van der Waals surface area contributed by atoms with Gasteiger partial charge in [-0.15, -0.1) is 0 Å². The summed E-state index contributed by atoms with van der Waals surface area (Å²) in [7, 11) is 3.09. The highest BCUT2D eigenvalue weighted by atomic mass is 16.7. The van der Waals surface area contributed by atoms with Crippen LogP contribution in [0, 0.1) is 19.8 Å². The fourth-order valence-corrected chi connectivity index (χ4v) is 3.45. The molecule has 0 saturated heterocycles. The van der Waals surface area contributed by atoms with E-state index in [2.05, 4.69) is 11.2 Å². The van der Waals surface area contributed by atoms with Gasteiger partial charge in [-0.3, -0.25) is 14.6 Å². The number of nitrogens with zero attached hydrogens (tertiary/aromatic N) is 3. The number of hydrogen-bond acceptors (Lipinski definition) is 5. The minimum Gasteiger partial charge on any atom is -0.361 e. The van der Waals surface area contributed by atoms with E-state index in [0.29, 0.717) is 11.5 Å². The molecule has 2 aromatic rings. The molecule has 6 heteroatoms. The first kappa shape index (κ1) is 16.0. The Kier molecular flexibility index (Phi) is 3.72. The quantitative estimate of drug-likeness (QED) is 0.798. The van der Waals surface area contributed by atoms with Crippen LogP contribution >= 0.6 is 0 Å². The number of carbonyl (C=O) groups is 1. The molecule has 1 aliphatic heterocycles. The molecule has 0 radical (unpaired) electrons. The topological polar surface area (TPSA) is 67.9 Å². The van der Waals surface area contributed by atoms with Crippen molar-refractivity contribution in [2.75, 3.05) is 14.2 Å². The number of fused-ring (bicyclic) bond motifs is 1. The Morgan fingerprint density at radius 3 is 2.68 bits per heavy atom. The van der Waals surface area contributed by atoms with Crippen molar-refractivity contribution in [3.63, 3.8) is 0 Å². The first-order valence-corrected chi connectivity index (χ1v) is 8.49. The average molecular weight is 339 g/mol. The van der Waals surface area contributed by atoms with E-state index in [1.54, 1.807) is 7.05 Å². The second-order valence-corrected chi connectivity index (χ2v) is 6.77. The Morgan fingerprint density at radius 1 is 1.32 bits per heavy atom. The number of hydrogen-bond donors (Lipinski definition) is 0. The molecule has 0 unspecified atom stereocenters. The summed E-state index contributed by atoms with van der Waals surface area (Å²) in [5.74, 6) is 1.13. The Bertz CT molecular complexity index is 874. The molecule has 2 heterocycles. The molecule has 0 spiro atoms. The SMILES string of the molecule is CON(C)C(=O)c1cc(-c2c(C)noc2C)cc2c1N=C(C1CC1)C2. The molecule has 1 saturated carbocycles. The standard InChI is InChI=1S/C19H21N3O3/c1-10-17(11(2)25-21-10)13-7-14-9-16(12-5-6-12)20-18(14)15(8-13)19(23)22(3)24-4/h7-8,12H,5-6,9H2,1-4H3. The summed E-state index contributed by atoms with van der Waals surface area (Å²) >= 11 is 0. The second kappa shape index (κ2) is 5.81. The summed E-state index contributed by atoms with van der Waals surface area (Å²) in [5.41, 5.74) is 6.33. The number of aliphatic imine (C=N–C) groups is 1. The molecule has 1 aliphatic carbocycles. The van der Waals surface area contributed by atoms with Gasteiger partial charge in [-0.05, 0) is 55.9 Å². The molecular formula is C19H21N3O3. The van der Waals surface area contributed by atoms with E-state index in [4.69, 9.17) is 14.4 Å². The van der Waals surface area contributed by atoms with Crippen LogP contribution in [0.15, 0.2) is 21.6 Å². The number of benzene rings is 1. The number of carbonyl (C=O) groups excluding carboxylic acids is 1. The van der Waals surface area contributed by atoms with Crippen LogP contribution < -0.4 is 0 Å². The van der Waals surface area contributed by atoms with Gasteiger partial charge in [0.05, 0.1) is 24.1 Å². The summed E-state index contributed by atoms with van der Waals surface area (Å²) in [6.07, 6.45) is 3.21. The highest BCUT2D eigenvalue weighted by Crippen LogP contribution is 2.42. The number of hydroxylamine groups is 2. The number of amides is 1. The fourth-order valence-electron chi connectivity index (χ4n) is 3.45. The van der Waals surface area contributed by atoms with Crippen molar-refractivity contribution in [1.82, 2.24) is 10.2 Å². The van der Waals surface area contributed by atoms with Crippen molar-refractivity contribution in [2.24, 2.45) is 10.9 Å². The second-order valence-electron chi connectivity index (χ2n) is 6.77. The molecule has 1 aromatic heterocycles. The zero-order chi connectivity index (χ0) is 17.7. The lowest BCUT2D eigenvalue weighted by atomic mass is 9.95. The van der Waals surface area contributed by atoms with Crippen LogP contribution in [0.4, 0.5) is 5.69 Å². The summed E-state index contributed by atoms with van der Waals surface area (Å²) in [6.45, 7) is 3.80. The number of aromatic nitrogens is 1. The van der Waals surface area contributed by atoms with Crippen molar-refractivity contribution in [2.45, 2.75) is 33.1 Å². The highest BCUT2D eigenvalue weighted by molar-refractivity contribution is 6.06. The van der Waals surface area contributed by atoms with Crippen molar-refractivity contribution in [3.8, 4) is 11.1 Å². The first-order chi connectivity index (χ1) is 12.0. The Balaban J connectivity index is 1.86. The van der Waals surface area contributed by atoms with E-state index < -0.39 is 0 Å². The van der Waals surface area contributed by atoms with Crippen LogP contribution in [0.3, 0.4) is 0 Å². The molecule has 1 aromatic carbocycles. The van der Waals surface area contributed by atoms with E-state index in [0.717, 1.165) is 40.3 Å². The molecule has 0 N–H and O–H groups in total. The van der Waals surface area contributed by atoms with Crippen molar-refractivity contribution >= 4 is 17.3 Å². The zero-order valence-corrected chi connectivity index (χ0v) is 14.9. The molecule has 130 valence electrons. The summed E-state index contributed by atoms with van der Waals surface area (Å²) in [6, 6.07) is 3.99. The first-order valence-electron chi connectivity index (χ1n) is 8.49. The Morgan fingerprint density at radius 2 is 2.08 bits per heavy atom. The van der Waals surface area contributed by atoms with E-state index in [9.17, 15) is 4.79 Å². The number of rotatable bonds is 4. The average Bonchev–Trinajstić information content (AvgIpc) is 3.28. The van der Waals surface area contributed by atoms with Crippen molar-refractivity contribution in [1.29, 1.82) is 0 Å². The lowest BCUT2D eigenvalue weighted by molar-refractivity contribution is -0.0756. The minimum atomic E-state index is -0.201. The largest absolute Gasteiger partial charge is 0.361 e. The van der Waals surface area contributed by atoms with Gasteiger partial charge in [0.2, 0.25) is 0 Å². The monoisotopic (exact) mass is 339 g/mol. The van der Waals surface area contributed by atoms with Crippen LogP contribution in [0.2, 0.25) is 0 Å². The maximum atomic E-state index is 12.8. The Labute approximate surface area is 146 Å². The molecule has 0 atom stereocenters. The van der Waals surface area contributed by atoms with Gasteiger partial charge in [0, 0.05) is 24.7 Å². The molecule has 1 fully saturated rings. The third-order valence-corrected chi connectivity index (χ3v) is 4.98. The molecule has 4 rings (SSSR count). The fraction of sp³-hybridized carbons (Fsp3) is 0.421. The van der Waals surface area contributed by atoms with Crippen LogP contribution in [0.25, 0.3) is 11.1 Å². The van der Waals surface area contributed by atoms with E-state index >= 15 is 0 Å². The number of aryl methyl sites for hydroxylation is 2. The minimum absolute atomic E-state index is 0.201. The molecule has 2 aliphatic rings. The van der Waals surface area contributed by atoms with Gasteiger partial charge in [-0.2, -0.15) is 0 Å². The van der Waals surface area contributed by atoms with E-state index in [-0.39, 0.29) is 5.91 Å². The van der Waals surface area contributed by atoms with Gasteiger partial charge in [0.15, 0.2) is 0 Å². The molecule has 0 bridgehead atoms. The van der Waals surface area contributed by atoms with Crippen molar-refractivity contribution in [3.05, 3.63) is 34.7 Å². The predicted octanol–water partition coefficient (Wildman–Crippen LogP) is 3.63. The third-order valence-electron chi connectivity index (χ3n) is 4.98. The van der Waals surface area contributed by atoms with Crippen LogP contribution in [0.5, 0.6) is 0 Å². The van der Waals surface area contributed by atoms with Gasteiger partial charge >= 0.3 is 0 Å². The predicted molar refractivity (Wildman–Crippen MR) is 94.0 cm³/mol. The maximum Gasteiger partial charge on any atom is 0.279 e. The lowest BCUT2D eigenvalue weighted by Gasteiger charge is -2.16. The van der Waals surface area contributed by atoms with Gasteiger partial charge in [-0.1, -0.05) is 5.16 Å². The van der Waals surface area contributed by atoms with Gasteiger partial charge in [0.25, 0.3) is 5.91 Å². The highest BCUT2D eigenvalue weighted by Gasteiger charge is 2.33. The molecule has 25 heavy (non-hydrogen) atoms. The van der Waals surface area contributed by atoms with E-state index in [1.165, 1.54) is 30.7 Å². The molecular weight excluding hydrogens is 318 g/mol. The smallest absolute Gasteiger partial charge is 0.279 e. The zero-order valence-electron chi connectivity index (χ0n) is 14.9. The lowest BCUT2D eigenvalue weighted by Crippen LogP contribution is -2.25. The Hall–Kier alpha value is -2.47. The summed E-state index contributed by atoms with van der Waals surface area (Å²) < 4.78 is 5.31. The van der Waals surface area contributed by atoms with Crippen LogP contribution in [-0.2, 0) is 11.3 Å². The van der Waals surface area contributed by atoms with Crippen LogP contribution in [0.1, 0.15) is 40.2 Å². The summed E-state index contributed by atoms with van der Waals surface area (Å²) in [4.78, 5) is 22.7.